The van der Waals surface area contributed by atoms with Crippen molar-refractivity contribution in [2.24, 2.45) is 0 Å². The van der Waals surface area contributed by atoms with Crippen LogP contribution in [0.3, 0.4) is 0 Å². The summed E-state index contributed by atoms with van der Waals surface area (Å²) in [6.07, 6.45) is 4.74. The van der Waals surface area contributed by atoms with Crippen LogP contribution in [-0.2, 0) is 30.5 Å². The average molecular weight is 280 g/mol. The number of carbonyl (C=O) groups is 1. The summed E-state index contributed by atoms with van der Waals surface area (Å²) in [7, 11) is 0. The fraction of sp³-hybridized carbons (Fsp3) is 0.350. The molecule has 0 spiro atoms. The quantitative estimate of drug-likeness (QED) is 0.727. The monoisotopic (exact) mass is 280 g/mol. The lowest BCUT2D eigenvalue weighted by Crippen LogP contribution is -1.95. The Morgan fingerprint density at radius 2 is 1.10 bits per heavy atom. The van der Waals surface area contributed by atoms with Gasteiger partial charge in [0.2, 0.25) is 0 Å². The van der Waals surface area contributed by atoms with E-state index in [1.165, 1.54) is 22.3 Å². The molecule has 0 saturated heterocycles. The molecule has 0 aliphatic rings. The predicted octanol–water partition coefficient (Wildman–Crippen LogP) is 4.56. The van der Waals surface area contributed by atoms with Crippen molar-refractivity contribution in [3.8, 4) is 0 Å². The number of hydrogen-bond acceptors (Lipinski definition) is 1. The molecule has 2 rings (SSSR count). The van der Waals surface area contributed by atoms with Gasteiger partial charge in [-0.05, 0) is 54.9 Å². The van der Waals surface area contributed by atoms with Crippen molar-refractivity contribution in [2.75, 3.05) is 0 Å². The number of benzene rings is 2. The first-order valence-corrected chi connectivity index (χ1v) is 7.82. The van der Waals surface area contributed by atoms with Crippen LogP contribution in [0.25, 0.3) is 0 Å². The van der Waals surface area contributed by atoms with Gasteiger partial charge in [-0.3, -0.25) is 0 Å². The maximum absolute atomic E-state index is 11.0. The third-order valence-corrected chi connectivity index (χ3v) is 3.92. The third kappa shape index (κ3) is 5.18. The van der Waals surface area contributed by atoms with E-state index < -0.39 is 0 Å². The molecule has 110 valence electrons. The molecule has 0 aromatic heterocycles. The Hall–Kier alpha value is -1.89. The van der Waals surface area contributed by atoms with Gasteiger partial charge in [-0.25, -0.2) is 0 Å². The van der Waals surface area contributed by atoms with Gasteiger partial charge in [-0.2, -0.15) is 0 Å². The Labute approximate surface area is 128 Å². The highest BCUT2D eigenvalue weighted by molar-refractivity contribution is 5.75. The van der Waals surface area contributed by atoms with Crippen LogP contribution in [0.1, 0.15) is 42.5 Å². The van der Waals surface area contributed by atoms with Crippen molar-refractivity contribution in [1.82, 2.24) is 0 Å². The summed E-state index contributed by atoms with van der Waals surface area (Å²) in [6.45, 7) is 3.83. The van der Waals surface area contributed by atoms with Crippen LogP contribution in [0.15, 0.2) is 48.5 Å². The van der Waals surface area contributed by atoms with Crippen LogP contribution in [-0.4, -0.2) is 5.78 Å². The fourth-order valence-electron chi connectivity index (χ4n) is 2.42. The minimum atomic E-state index is 0.259. The van der Waals surface area contributed by atoms with Gasteiger partial charge >= 0.3 is 0 Å². The standard InChI is InChI=1S/C20H24O/c1-3-17-6-8-19(9-7-17)14-15-20-12-10-18(11-13-20)5-4-16(2)21/h6-13H,3-5,14-15H2,1-2H3. The summed E-state index contributed by atoms with van der Waals surface area (Å²) in [4.78, 5) is 11.0. The number of hydrogen-bond donors (Lipinski definition) is 0. The Morgan fingerprint density at radius 3 is 1.48 bits per heavy atom. The minimum Gasteiger partial charge on any atom is -0.300 e. The topological polar surface area (TPSA) is 17.1 Å². The Bertz CT molecular complexity index is 564. The number of Topliss-reactive ketones (excluding diaryl/α,β-unsaturated/α-hetero) is 1. The summed E-state index contributed by atoms with van der Waals surface area (Å²) in [5, 5.41) is 0. The van der Waals surface area contributed by atoms with Gasteiger partial charge in [-0.1, -0.05) is 55.5 Å². The second kappa shape index (κ2) is 7.78. The summed E-state index contributed by atoms with van der Waals surface area (Å²) >= 11 is 0. The van der Waals surface area contributed by atoms with Crippen LogP contribution in [0.4, 0.5) is 0 Å². The van der Waals surface area contributed by atoms with Gasteiger partial charge in [0, 0.05) is 6.42 Å². The molecule has 0 radical (unpaired) electrons. The molecular formula is C20H24O. The largest absolute Gasteiger partial charge is 0.300 e. The zero-order valence-electron chi connectivity index (χ0n) is 13.1. The predicted molar refractivity (Wildman–Crippen MR) is 88.7 cm³/mol. The molecule has 21 heavy (non-hydrogen) atoms. The Balaban J connectivity index is 1.86. The van der Waals surface area contributed by atoms with Crippen LogP contribution in [0.2, 0.25) is 0 Å². The minimum absolute atomic E-state index is 0.259. The number of ketones is 1. The molecule has 0 saturated carbocycles. The number of aryl methyl sites for hydroxylation is 4. The summed E-state index contributed by atoms with van der Waals surface area (Å²) in [5.41, 5.74) is 5.41. The molecule has 0 aliphatic heterocycles. The second-order valence-electron chi connectivity index (χ2n) is 5.69. The molecule has 2 aromatic carbocycles. The van der Waals surface area contributed by atoms with E-state index in [-0.39, 0.29) is 5.78 Å². The molecule has 0 amide bonds. The zero-order valence-corrected chi connectivity index (χ0v) is 13.1. The lowest BCUT2D eigenvalue weighted by molar-refractivity contribution is -0.116. The van der Waals surface area contributed by atoms with E-state index in [0.29, 0.717) is 6.42 Å². The molecule has 0 bridgehead atoms. The van der Waals surface area contributed by atoms with E-state index in [9.17, 15) is 4.79 Å². The smallest absolute Gasteiger partial charge is 0.130 e. The highest BCUT2D eigenvalue weighted by Gasteiger charge is 1.99. The summed E-state index contributed by atoms with van der Waals surface area (Å²) < 4.78 is 0. The third-order valence-electron chi connectivity index (χ3n) is 3.92. The van der Waals surface area contributed by atoms with Crippen molar-refractivity contribution < 1.29 is 4.79 Å². The van der Waals surface area contributed by atoms with Crippen molar-refractivity contribution in [3.63, 3.8) is 0 Å². The van der Waals surface area contributed by atoms with Gasteiger partial charge in [0.25, 0.3) is 0 Å². The number of rotatable bonds is 7. The maximum Gasteiger partial charge on any atom is 0.130 e. The molecule has 1 nitrogen and oxygen atoms in total. The van der Waals surface area contributed by atoms with Crippen molar-refractivity contribution in [2.45, 2.75) is 46.0 Å². The lowest BCUT2D eigenvalue weighted by Gasteiger charge is -2.05. The van der Waals surface area contributed by atoms with E-state index in [1.807, 2.05) is 0 Å². The molecular weight excluding hydrogens is 256 g/mol. The van der Waals surface area contributed by atoms with Gasteiger partial charge in [0.1, 0.15) is 5.78 Å². The Morgan fingerprint density at radius 1 is 0.714 bits per heavy atom. The molecule has 1 heteroatoms. The van der Waals surface area contributed by atoms with Crippen LogP contribution >= 0.6 is 0 Å². The van der Waals surface area contributed by atoms with Crippen molar-refractivity contribution in [3.05, 3.63) is 70.8 Å². The fourth-order valence-corrected chi connectivity index (χ4v) is 2.42. The van der Waals surface area contributed by atoms with E-state index in [4.69, 9.17) is 0 Å². The van der Waals surface area contributed by atoms with Crippen molar-refractivity contribution >= 4 is 5.78 Å². The highest BCUT2D eigenvalue weighted by atomic mass is 16.1. The first-order chi connectivity index (χ1) is 10.2. The molecule has 0 aliphatic carbocycles. The first-order valence-electron chi connectivity index (χ1n) is 7.82. The van der Waals surface area contributed by atoms with Crippen molar-refractivity contribution in [1.29, 1.82) is 0 Å². The van der Waals surface area contributed by atoms with Gasteiger partial charge in [-0.15, -0.1) is 0 Å². The van der Waals surface area contributed by atoms with Gasteiger partial charge < -0.3 is 4.79 Å². The normalized spacial score (nSPS) is 10.6. The van der Waals surface area contributed by atoms with Gasteiger partial charge in [0.15, 0.2) is 0 Å². The SMILES string of the molecule is CCc1ccc(CCc2ccc(CCC(C)=O)cc2)cc1. The molecule has 0 N–H and O–H groups in total. The van der Waals surface area contributed by atoms with E-state index in [2.05, 4.69) is 55.5 Å². The molecule has 0 unspecified atom stereocenters. The lowest BCUT2D eigenvalue weighted by atomic mass is 10.0. The highest BCUT2D eigenvalue weighted by Crippen LogP contribution is 2.12. The molecule has 0 heterocycles. The molecule has 2 aromatic rings. The van der Waals surface area contributed by atoms with E-state index >= 15 is 0 Å². The first kappa shape index (κ1) is 15.5. The summed E-state index contributed by atoms with van der Waals surface area (Å²) in [6, 6.07) is 17.6. The second-order valence-corrected chi connectivity index (χ2v) is 5.69. The Kier molecular flexibility index (Phi) is 5.74. The number of carbonyl (C=O) groups excluding carboxylic acids is 1. The molecule has 0 fully saturated rings. The van der Waals surface area contributed by atoms with E-state index in [1.54, 1.807) is 6.92 Å². The van der Waals surface area contributed by atoms with Crippen LogP contribution in [0.5, 0.6) is 0 Å². The van der Waals surface area contributed by atoms with E-state index in [0.717, 1.165) is 25.7 Å². The van der Waals surface area contributed by atoms with Gasteiger partial charge in [0.05, 0.1) is 0 Å². The average Bonchev–Trinajstić information content (AvgIpc) is 2.52. The van der Waals surface area contributed by atoms with Crippen LogP contribution < -0.4 is 0 Å². The van der Waals surface area contributed by atoms with Crippen LogP contribution in [0, 0.1) is 0 Å². The maximum atomic E-state index is 11.0. The molecule has 0 atom stereocenters. The zero-order chi connectivity index (χ0) is 15.1. The summed E-state index contributed by atoms with van der Waals surface area (Å²) in [5.74, 6) is 0.259.